The molecule has 26 heavy (non-hydrogen) atoms. The van der Waals surface area contributed by atoms with E-state index in [1.54, 1.807) is 6.07 Å². The molecule has 0 heterocycles. The molecule has 0 atom stereocenters. The zero-order valence-electron chi connectivity index (χ0n) is 15.2. The first kappa shape index (κ1) is 17.6. The number of rotatable bonds is 6. The van der Waals surface area contributed by atoms with Gasteiger partial charge in [0, 0.05) is 37.6 Å². The van der Waals surface area contributed by atoms with Gasteiger partial charge >= 0.3 is 0 Å². The van der Waals surface area contributed by atoms with Gasteiger partial charge < -0.3 is 15.3 Å². The Balaban J connectivity index is 1.59. The molecule has 0 radical (unpaired) electrons. The minimum atomic E-state index is 0.319. The van der Waals surface area contributed by atoms with Crippen LogP contribution in [0.2, 0.25) is 0 Å². The van der Waals surface area contributed by atoms with Crippen LogP contribution in [0.4, 0.5) is 11.4 Å². The number of anilines is 2. The Kier molecular flexibility index (Phi) is 5.59. The summed E-state index contributed by atoms with van der Waals surface area (Å²) in [5.41, 5.74) is 5.44. The van der Waals surface area contributed by atoms with Crippen LogP contribution in [0.15, 0.2) is 72.8 Å². The van der Waals surface area contributed by atoms with Crippen molar-refractivity contribution in [3.63, 3.8) is 0 Å². The number of hydrogen-bond acceptors (Lipinski definition) is 3. The summed E-state index contributed by atoms with van der Waals surface area (Å²) in [5.74, 6) is 0.319. The summed E-state index contributed by atoms with van der Waals surface area (Å²) in [6.07, 6.45) is 4.22. The average Bonchev–Trinajstić information content (AvgIpc) is 2.67. The van der Waals surface area contributed by atoms with E-state index in [1.165, 1.54) is 11.3 Å². The predicted octanol–water partition coefficient (Wildman–Crippen LogP) is 5.24. The molecular formula is C23H24N2O. The zero-order chi connectivity index (χ0) is 18.4. The molecule has 3 heteroatoms. The molecule has 0 amide bonds. The fourth-order valence-electron chi connectivity index (χ4n) is 2.65. The number of para-hydroxylation sites is 1. The van der Waals surface area contributed by atoms with Crippen LogP contribution in [0.5, 0.6) is 5.75 Å². The van der Waals surface area contributed by atoms with Crippen LogP contribution in [-0.4, -0.2) is 19.2 Å². The Bertz CT molecular complexity index is 865. The largest absolute Gasteiger partial charge is 0.508 e. The molecule has 132 valence electrons. The topological polar surface area (TPSA) is 35.5 Å². The number of nitrogens with zero attached hydrogens (tertiary/aromatic N) is 1. The van der Waals surface area contributed by atoms with E-state index in [0.29, 0.717) is 12.3 Å². The second-order valence-corrected chi connectivity index (χ2v) is 6.42. The highest BCUT2D eigenvalue weighted by atomic mass is 16.3. The van der Waals surface area contributed by atoms with Gasteiger partial charge in [0.2, 0.25) is 0 Å². The molecule has 2 N–H and O–H groups in total. The molecule has 3 rings (SSSR count). The second kappa shape index (κ2) is 8.26. The van der Waals surface area contributed by atoms with Gasteiger partial charge in [-0.1, -0.05) is 54.6 Å². The van der Waals surface area contributed by atoms with E-state index in [2.05, 4.69) is 70.9 Å². The maximum atomic E-state index is 9.81. The lowest BCUT2D eigenvalue weighted by Crippen LogP contribution is -2.07. The Hall–Kier alpha value is -3.20. The lowest BCUT2D eigenvalue weighted by Gasteiger charge is -2.11. The van der Waals surface area contributed by atoms with Gasteiger partial charge in [0.1, 0.15) is 5.75 Å². The molecule has 0 unspecified atom stereocenters. The van der Waals surface area contributed by atoms with Crippen LogP contribution >= 0.6 is 0 Å². The highest BCUT2D eigenvalue weighted by Crippen LogP contribution is 2.19. The number of phenolic OH excluding ortho intramolecular Hbond substituents is 1. The van der Waals surface area contributed by atoms with Gasteiger partial charge in [-0.2, -0.15) is 0 Å². The van der Waals surface area contributed by atoms with Crippen LogP contribution in [0.25, 0.3) is 12.2 Å². The first-order chi connectivity index (χ1) is 12.6. The molecule has 0 aliphatic carbocycles. The molecule has 0 spiro atoms. The van der Waals surface area contributed by atoms with Gasteiger partial charge in [-0.05, 0) is 41.5 Å². The summed E-state index contributed by atoms with van der Waals surface area (Å²) in [6, 6.07) is 24.1. The third-order valence-electron chi connectivity index (χ3n) is 4.26. The maximum Gasteiger partial charge on any atom is 0.120 e. The third kappa shape index (κ3) is 4.67. The molecule has 0 saturated heterocycles. The van der Waals surface area contributed by atoms with Crippen molar-refractivity contribution in [1.82, 2.24) is 0 Å². The molecule has 0 fully saturated rings. The van der Waals surface area contributed by atoms with Crippen molar-refractivity contribution < 1.29 is 5.11 Å². The van der Waals surface area contributed by atoms with Crippen molar-refractivity contribution in [2.24, 2.45) is 0 Å². The van der Waals surface area contributed by atoms with E-state index in [4.69, 9.17) is 0 Å². The summed E-state index contributed by atoms with van der Waals surface area (Å²) in [7, 11) is 4.08. The molecule has 0 aliphatic rings. The van der Waals surface area contributed by atoms with Crippen LogP contribution < -0.4 is 10.2 Å². The molecule has 0 aliphatic heterocycles. The van der Waals surface area contributed by atoms with E-state index in [1.807, 2.05) is 32.3 Å². The van der Waals surface area contributed by atoms with Gasteiger partial charge in [-0.25, -0.2) is 0 Å². The summed E-state index contributed by atoms with van der Waals surface area (Å²) >= 11 is 0. The van der Waals surface area contributed by atoms with Crippen molar-refractivity contribution in [3.8, 4) is 5.75 Å². The van der Waals surface area contributed by atoms with Gasteiger partial charge in [0.25, 0.3) is 0 Å². The first-order valence-electron chi connectivity index (χ1n) is 8.68. The van der Waals surface area contributed by atoms with Crippen molar-refractivity contribution in [2.45, 2.75) is 6.54 Å². The first-order valence-corrected chi connectivity index (χ1v) is 8.68. The third-order valence-corrected chi connectivity index (χ3v) is 4.26. The molecule has 0 bridgehead atoms. The normalized spacial score (nSPS) is 10.8. The van der Waals surface area contributed by atoms with Gasteiger partial charge in [0.05, 0.1) is 0 Å². The molecule has 0 saturated carbocycles. The van der Waals surface area contributed by atoms with E-state index >= 15 is 0 Å². The number of hydrogen-bond donors (Lipinski definition) is 2. The lowest BCUT2D eigenvalue weighted by atomic mass is 10.1. The Labute approximate surface area is 155 Å². The summed E-state index contributed by atoms with van der Waals surface area (Å²) < 4.78 is 0. The van der Waals surface area contributed by atoms with Crippen molar-refractivity contribution in [3.05, 3.63) is 89.5 Å². The lowest BCUT2D eigenvalue weighted by molar-refractivity contribution is 0.469. The van der Waals surface area contributed by atoms with E-state index in [0.717, 1.165) is 16.8 Å². The van der Waals surface area contributed by atoms with E-state index in [-0.39, 0.29) is 0 Å². The number of nitrogens with one attached hydrogen (secondary N) is 1. The average molecular weight is 344 g/mol. The minimum Gasteiger partial charge on any atom is -0.508 e. The monoisotopic (exact) mass is 344 g/mol. The van der Waals surface area contributed by atoms with Crippen molar-refractivity contribution >= 4 is 23.5 Å². The van der Waals surface area contributed by atoms with Crippen LogP contribution in [-0.2, 0) is 6.54 Å². The van der Waals surface area contributed by atoms with Crippen molar-refractivity contribution in [2.75, 3.05) is 24.3 Å². The van der Waals surface area contributed by atoms with Crippen LogP contribution in [0.1, 0.15) is 16.7 Å². The van der Waals surface area contributed by atoms with Gasteiger partial charge in [-0.15, -0.1) is 0 Å². The van der Waals surface area contributed by atoms with E-state index < -0.39 is 0 Å². The molecular weight excluding hydrogens is 320 g/mol. The standard InChI is InChI=1S/C23H24N2O/c1-25(2)22-15-11-19(12-16-22)8-7-18-9-13-21(14-10-18)24-17-20-5-3-4-6-23(20)26/h3-16,24,26H,17H2,1-2H3/b8-7+. The molecule has 3 aromatic carbocycles. The highest BCUT2D eigenvalue weighted by Gasteiger charge is 1.99. The summed E-state index contributed by atoms with van der Waals surface area (Å²) in [6.45, 7) is 0.597. The molecule has 3 nitrogen and oxygen atoms in total. The van der Waals surface area contributed by atoms with Crippen molar-refractivity contribution in [1.29, 1.82) is 0 Å². The Morgan fingerprint density at radius 3 is 1.96 bits per heavy atom. The van der Waals surface area contributed by atoms with E-state index in [9.17, 15) is 5.11 Å². The zero-order valence-corrected chi connectivity index (χ0v) is 15.2. The maximum absolute atomic E-state index is 9.81. The van der Waals surface area contributed by atoms with Gasteiger partial charge in [-0.3, -0.25) is 0 Å². The Morgan fingerprint density at radius 1 is 0.808 bits per heavy atom. The summed E-state index contributed by atoms with van der Waals surface area (Å²) in [5, 5.41) is 13.1. The fourth-order valence-corrected chi connectivity index (χ4v) is 2.65. The SMILES string of the molecule is CN(C)c1ccc(/C=C/c2ccc(NCc3ccccc3O)cc2)cc1. The quantitative estimate of drug-likeness (QED) is 0.600. The minimum absolute atomic E-state index is 0.319. The number of aromatic hydroxyl groups is 1. The highest BCUT2D eigenvalue weighted by molar-refractivity contribution is 5.71. The smallest absolute Gasteiger partial charge is 0.120 e. The summed E-state index contributed by atoms with van der Waals surface area (Å²) in [4.78, 5) is 2.09. The van der Waals surface area contributed by atoms with Gasteiger partial charge in [0.15, 0.2) is 0 Å². The Morgan fingerprint density at radius 2 is 1.38 bits per heavy atom. The second-order valence-electron chi connectivity index (χ2n) is 6.42. The van der Waals surface area contributed by atoms with Crippen LogP contribution in [0.3, 0.4) is 0 Å². The number of benzene rings is 3. The fraction of sp³-hybridized carbons (Fsp3) is 0.130. The molecule has 0 aromatic heterocycles. The van der Waals surface area contributed by atoms with Crippen LogP contribution in [0, 0.1) is 0 Å². The number of phenols is 1. The predicted molar refractivity (Wildman–Crippen MR) is 112 cm³/mol. The molecule has 3 aromatic rings.